The zero-order valence-electron chi connectivity index (χ0n) is 11.5. The molecule has 0 bridgehead atoms. The van der Waals surface area contributed by atoms with Gasteiger partial charge >= 0.3 is 6.09 Å². The molecular formula is C11H22N2O4S. The quantitative estimate of drug-likeness (QED) is 0.795. The van der Waals surface area contributed by atoms with E-state index in [9.17, 15) is 13.2 Å². The molecule has 1 atom stereocenters. The molecule has 18 heavy (non-hydrogen) atoms. The van der Waals surface area contributed by atoms with Crippen molar-refractivity contribution >= 4 is 16.1 Å². The second-order valence-corrected chi connectivity index (χ2v) is 6.46. The molecule has 0 radical (unpaired) electrons. The smallest absolute Gasteiger partial charge is 0.408 e. The summed E-state index contributed by atoms with van der Waals surface area (Å²) >= 11 is 0. The standard InChI is InChI=1S/C11H22N2O4S/c1-6-12-18(15,16)8-7-9(2)13-10(14)17-11(3,4)5/h7-9,12H,6H2,1-5H3,(H,13,14)/b8-7+. The van der Waals surface area contributed by atoms with Gasteiger partial charge in [-0.05, 0) is 33.8 Å². The summed E-state index contributed by atoms with van der Waals surface area (Å²) in [6, 6.07) is -0.437. The summed E-state index contributed by atoms with van der Waals surface area (Å²) in [5.74, 6) is 0. The number of alkyl carbamates (subject to hydrolysis) is 1. The highest BCUT2D eigenvalue weighted by molar-refractivity contribution is 7.92. The summed E-state index contributed by atoms with van der Waals surface area (Å²) in [4.78, 5) is 11.4. The minimum Gasteiger partial charge on any atom is -0.444 e. The van der Waals surface area contributed by atoms with Crippen LogP contribution in [-0.2, 0) is 14.8 Å². The first kappa shape index (κ1) is 16.9. The van der Waals surface area contributed by atoms with Crippen LogP contribution in [0.1, 0.15) is 34.6 Å². The van der Waals surface area contributed by atoms with Crippen LogP contribution in [0.15, 0.2) is 11.5 Å². The SMILES string of the molecule is CCNS(=O)(=O)/C=C/C(C)NC(=O)OC(C)(C)C. The van der Waals surface area contributed by atoms with E-state index in [4.69, 9.17) is 4.74 Å². The lowest BCUT2D eigenvalue weighted by molar-refractivity contribution is 0.0518. The number of sulfonamides is 1. The highest BCUT2D eigenvalue weighted by atomic mass is 32.2. The number of nitrogens with one attached hydrogen (secondary N) is 2. The zero-order chi connectivity index (χ0) is 14.4. The number of rotatable bonds is 5. The van der Waals surface area contributed by atoms with Crippen LogP contribution in [0.25, 0.3) is 0 Å². The third-order valence-corrected chi connectivity index (χ3v) is 2.84. The fraction of sp³-hybridized carbons (Fsp3) is 0.727. The summed E-state index contributed by atoms with van der Waals surface area (Å²) in [6.07, 6.45) is 0.794. The van der Waals surface area contributed by atoms with Crippen LogP contribution in [0.4, 0.5) is 4.79 Å². The highest BCUT2D eigenvalue weighted by Crippen LogP contribution is 2.06. The van der Waals surface area contributed by atoms with E-state index in [1.54, 1.807) is 34.6 Å². The van der Waals surface area contributed by atoms with Crippen LogP contribution in [-0.4, -0.2) is 32.7 Å². The topological polar surface area (TPSA) is 84.5 Å². The van der Waals surface area contributed by atoms with Crippen molar-refractivity contribution in [3.63, 3.8) is 0 Å². The van der Waals surface area contributed by atoms with E-state index in [-0.39, 0.29) is 0 Å². The molecule has 0 aromatic heterocycles. The Kier molecular flexibility index (Phi) is 6.34. The van der Waals surface area contributed by atoms with Gasteiger partial charge in [0, 0.05) is 18.0 Å². The van der Waals surface area contributed by atoms with E-state index in [0.29, 0.717) is 6.54 Å². The largest absolute Gasteiger partial charge is 0.444 e. The average Bonchev–Trinajstić information content (AvgIpc) is 2.11. The molecule has 0 aliphatic rings. The number of amides is 1. The van der Waals surface area contributed by atoms with Gasteiger partial charge in [0.2, 0.25) is 10.0 Å². The van der Waals surface area contributed by atoms with Crippen LogP contribution in [0.3, 0.4) is 0 Å². The Bertz CT molecular complexity index is 396. The van der Waals surface area contributed by atoms with E-state index in [1.165, 1.54) is 6.08 Å². The normalized spacial score (nSPS) is 14.5. The molecular weight excluding hydrogens is 256 g/mol. The Balaban J connectivity index is 4.32. The molecule has 7 heteroatoms. The molecule has 106 valence electrons. The van der Waals surface area contributed by atoms with Crippen molar-refractivity contribution in [1.29, 1.82) is 0 Å². The molecule has 0 saturated carbocycles. The average molecular weight is 278 g/mol. The Hall–Kier alpha value is -1.08. The summed E-state index contributed by atoms with van der Waals surface area (Å²) in [5.41, 5.74) is -0.580. The predicted molar refractivity (Wildman–Crippen MR) is 70.6 cm³/mol. The predicted octanol–water partition coefficient (Wildman–Crippen LogP) is 1.35. The Morgan fingerprint density at radius 3 is 2.39 bits per heavy atom. The summed E-state index contributed by atoms with van der Waals surface area (Å²) in [7, 11) is -3.42. The van der Waals surface area contributed by atoms with Crippen molar-refractivity contribution in [2.75, 3.05) is 6.54 Å². The van der Waals surface area contributed by atoms with Crippen molar-refractivity contribution in [3.8, 4) is 0 Å². The monoisotopic (exact) mass is 278 g/mol. The van der Waals surface area contributed by atoms with Gasteiger partial charge in [-0.1, -0.05) is 6.92 Å². The molecule has 1 amide bonds. The molecule has 0 aromatic rings. The minimum absolute atomic E-state index is 0.320. The maximum absolute atomic E-state index is 11.4. The second kappa shape index (κ2) is 6.75. The van der Waals surface area contributed by atoms with Crippen molar-refractivity contribution in [2.24, 2.45) is 0 Å². The minimum atomic E-state index is -3.42. The summed E-state index contributed by atoms with van der Waals surface area (Å²) in [6.45, 7) is 8.92. The van der Waals surface area contributed by atoms with Gasteiger partial charge in [0.25, 0.3) is 0 Å². The van der Waals surface area contributed by atoms with E-state index >= 15 is 0 Å². The lowest BCUT2D eigenvalue weighted by atomic mass is 10.2. The Morgan fingerprint density at radius 1 is 1.39 bits per heavy atom. The van der Waals surface area contributed by atoms with Crippen molar-refractivity contribution < 1.29 is 17.9 Å². The van der Waals surface area contributed by atoms with E-state index in [0.717, 1.165) is 5.41 Å². The van der Waals surface area contributed by atoms with Gasteiger partial charge in [-0.25, -0.2) is 17.9 Å². The van der Waals surface area contributed by atoms with Gasteiger partial charge in [-0.3, -0.25) is 0 Å². The van der Waals surface area contributed by atoms with Gasteiger partial charge < -0.3 is 10.1 Å². The van der Waals surface area contributed by atoms with Crippen molar-refractivity contribution in [2.45, 2.75) is 46.3 Å². The molecule has 6 nitrogen and oxygen atoms in total. The number of ether oxygens (including phenoxy) is 1. The molecule has 2 N–H and O–H groups in total. The summed E-state index contributed by atoms with van der Waals surface area (Å²) in [5, 5.41) is 3.54. The molecule has 0 aromatic carbocycles. The Morgan fingerprint density at radius 2 is 1.94 bits per heavy atom. The van der Waals surface area contributed by atoms with E-state index in [2.05, 4.69) is 10.0 Å². The van der Waals surface area contributed by atoms with E-state index < -0.39 is 27.8 Å². The molecule has 0 spiro atoms. The number of hydrogen-bond donors (Lipinski definition) is 2. The van der Waals surface area contributed by atoms with Crippen LogP contribution < -0.4 is 10.0 Å². The van der Waals surface area contributed by atoms with Crippen LogP contribution >= 0.6 is 0 Å². The van der Waals surface area contributed by atoms with Crippen LogP contribution in [0, 0.1) is 0 Å². The van der Waals surface area contributed by atoms with Crippen LogP contribution in [0.5, 0.6) is 0 Å². The molecule has 0 rings (SSSR count). The van der Waals surface area contributed by atoms with Gasteiger partial charge in [0.05, 0.1) is 0 Å². The lowest BCUT2D eigenvalue weighted by Gasteiger charge is -2.20. The summed E-state index contributed by atoms with van der Waals surface area (Å²) < 4.78 is 30.0. The first-order valence-corrected chi connectivity index (χ1v) is 7.28. The zero-order valence-corrected chi connectivity index (χ0v) is 12.3. The van der Waals surface area contributed by atoms with Gasteiger partial charge in [0.15, 0.2) is 0 Å². The number of carbonyl (C=O) groups excluding carboxylic acids is 1. The molecule has 0 fully saturated rings. The second-order valence-electron chi connectivity index (χ2n) is 4.81. The fourth-order valence-electron chi connectivity index (χ4n) is 1.01. The molecule has 0 aliphatic carbocycles. The van der Waals surface area contributed by atoms with Gasteiger partial charge in [0.1, 0.15) is 5.60 Å². The number of hydrogen-bond acceptors (Lipinski definition) is 4. The molecule has 1 unspecified atom stereocenters. The third-order valence-electron chi connectivity index (χ3n) is 1.64. The third kappa shape index (κ3) is 9.00. The lowest BCUT2D eigenvalue weighted by Crippen LogP contribution is -2.37. The molecule has 0 saturated heterocycles. The fourth-order valence-corrected chi connectivity index (χ4v) is 1.95. The van der Waals surface area contributed by atoms with Crippen molar-refractivity contribution in [3.05, 3.63) is 11.5 Å². The van der Waals surface area contributed by atoms with Crippen molar-refractivity contribution in [1.82, 2.24) is 10.0 Å². The van der Waals surface area contributed by atoms with Crippen LogP contribution in [0.2, 0.25) is 0 Å². The molecule has 0 heterocycles. The number of carbonyl (C=O) groups is 1. The van der Waals surface area contributed by atoms with Gasteiger partial charge in [-0.15, -0.1) is 0 Å². The first-order chi connectivity index (χ1) is 8.06. The Labute approximate surface area is 109 Å². The maximum Gasteiger partial charge on any atom is 0.408 e. The highest BCUT2D eigenvalue weighted by Gasteiger charge is 2.17. The van der Waals surface area contributed by atoms with Gasteiger partial charge in [-0.2, -0.15) is 0 Å². The molecule has 0 aliphatic heterocycles. The first-order valence-electron chi connectivity index (χ1n) is 5.73. The van der Waals surface area contributed by atoms with E-state index in [1.807, 2.05) is 0 Å². The maximum atomic E-state index is 11.4.